The van der Waals surface area contributed by atoms with Gasteiger partial charge in [-0.05, 0) is 32.9 Å². The number of ether oxygens (including phenoxy) is 1. The Labute approximate surface area is 106 Å². The number of morpholine rings is 1. The molecule has 0 N–H and O–H groups in total. The highest BCUT2D eigenvalue weighted by atomic mass is 32.2. The third-order valence-electron chi connectivity index (χ3n) is 3.10. The molecule has 0 aromatic carbocycles. The van der Waals surface area contributed by atoms with Crippen LogP contribution in [0.5, 0.6) is 0 Å². The maximum absolute atomic E-state index is 12.4. The minimum absolute atomic E-state index is 0.0559. The second-order valence-electron chi connectivity index (χ2n) is 4.30. The lowest BCUT2D eigenvalue weighted by molar-refractivity contribution is -0.0231. The van der Waals surface area contributed by atoms with Crippen molar-refractivity contribution in [3.8, 4) is 0 Å². The fraction of sp³-hybridized carbons (Fsp3) is 0.636. The summed E-state index contributed by atoms with van der Waals surface area (Å²) in [5.74, 6) is 0. The normalized spacial score (nSPS) is 27.2. The van der Waals surface area contributed by atoms with E-state index in [1.165, 1.54) is 11.3 Å². The Morgan fingerprint density at radius 3 is 2.71 bits per heavy atom. The zero-order chi connectivity index (χ0) is 12.6. The Hall–Kier alpha value is -0.430. The fourth-order valence-electron chi connectivity index (χ4n) is 1.91. The van der Waals surface area contributed by atoms with Gasteiger partial charge < -0.3 is 4.74 Å². The van der Waals surface area contributed by atoms with Crippen LogP contribution in [0, 0.1) is 6.92 Å². The van der Waals surface area contributed by atoms with Crippen LogP contribution in [-0.4, -0.2) is 38.0 Å². The van der Waals surface area contributed by atoms with Crippen molar-refractivity contribution in [1.82, 2.24) is 4.31 Å². The van der Waals surface area contributed by atoms with Crippen LogP contribution >= 0.6 is 11.3 Å². The minimum atomic E-state index is -3.35. The molecule has 2 rings (SSSR count). The molecule has 17 heavy (non-hydrogen) atoms. The highest BCUT2D eigenvalue weighted by Crippen LogP contribution is 2.28. The zero-order valence-corrected chi connectivity index (χ0v) is 11.8. The van der Waals surface area contributed by atoms with Gasteiger partial charge in [0.2, 0.25) is 0 Å². The molecule has 2 unspecified atom stereocenters. The summed E-state index contributed by atoms with van der Waals surface area (Å²) < 4.78 is 32.3. The van der Waals surface area contributed by atoms with Crippen molar-refractivity contribution in [3.63, 3.8) is 0 Å². The summed E-state index contributed by atoms with van der Waals surface area (Å²) in [5.41, 5.74) is 0. The average Bonchev–Trinajstić information content (AvgIpc) is 2.69. The molecule has 1 aliphatic rings. The first-order valence-electron chi connectivity index (χ1n) is 5.63. The summed E-state index contributed by atoms with van der Waals surface area (Å²) in [6.45, 7) is 6.61. The van der Waals surface area contributed by atoms with E-state index in [0.29, 0.717) is 17.4 Å². The molecule has 1 aromatic heterocycles. The van der Waals surface area contributed by atoms with E-state index in [9.17, 15) is 8.42 Å². The van der Waals surface area contributed by atoms with E-state index in [1.54, 1.807) is 10.4 Å². The van der Waals surface area contributed by atoms with Crippen LogP contribution in [0.4, 0.5) is 0 Å². The summed E-state index contributed by atoms with van der Waals surface area (Å²) in [6.07, 6.45) is -0.0559. The van der Waals surface area contributed by atoms with E-state index in [-0.39, 0.29) is 12.1 Å². The number of sulfonamides is 1. The molecule has 2 atom stereocenters. The van der Waals surface area contributed by atoms with Crippen molar-refractivity contribution in [2.45, 2.75) is 37.1 Å². The molecule has 1 fully saturated rings. The predicted molar refractivity (Wildman–Crippen MR) is 67.8 cm³/mol. The summed E-state index contributed by atoms with van der Waals surface area (Å²) in [4.78, 5) is 1.01. The van der Waals surface area contributed by atoms with E-state index < -0.39 is 10.0 Å². The highest BCUT2D eigenvalue weighted by molar-refractivity contribution is 7.91. The van der Waals surface area contributed by atoms with Gasteiger partial charge in [-0.15, -0.1) is 11.3 Å². The molecule has 6 heteroatoms. The lowest BCUT2D eigenvalue weighted by Crippen LogP contribution is -2.50. The molecule has 0 saturated carbocycles. The number of nitrogens with zero attached hydrogens (tertiary/aromatic N) is 1. The van der Waals surface area contributed by atoms with Crippen molar-refractivity contribution >= 4 is 21.4 Å². The molecule has 0 amide bonds. The Morgan fingerprint density at radius 2 is 2.12 bits per heavy atom. The monoisotopic (exact) mass is 275 g/mol. The maximum atomic E-state index is 12.4. The van der Waals surface area contributed by atoms with Gasteiger partial charge in [-0.1, -0.05) is 0 Å². The zero-order valence-electron chi connectivity index (χ0n) is 10.2. The SMILES string of the molecule is Cc1ccc(S(=O)(=O)N2CCOC(C)C2C)s1. The molecule has 4 nitrogen and oxygen atoms in total. The molecule has 0 radical (unpaired) electrons. The van der Waals surface area contributed by atoms with Crippen molar-refractivity contribution < 1.29 is 13.2 Å². The van der Waals surface area contributed by atoms with Gasteiger partial charge in [0, 0.05) is 17.5 Å². The molecule has 0 aliphatic carbocycles. The van der Waals surface area contributed by atoms with Gasteiger partial charge >= 0.3 is 0 Å². The Bertz CT molecular complexity index is 495. The second kappa shape index (κ2) is 4.68. The summed E-state index contributed by atoms with van der Waals surface area (Å²) in [6, 6.07) is 3.41. The van der Waals surface area contributed by atoms with Crippen molar-refractivity contribution in [2.75, 3.05) is 13.2 Å². The van der Waals surface area contributed by atoms with Crippen LogP contribution in [0.1, 0.15) is 18.7 Å². The lowest BCUT2D eigenvalue weighted by Gasteiger charge is -2.36. The summed E-state index contributed by atoms with van der Waals surface area (Å²) in [7, 11) is -3.35. The third kappa shape index (κ3) is 2.40. The molecule has 96 valence electrons. The van der Waals surface area contributed by atoms with Gasteiger partial charge in [-0.2, -0.15) is 4.31 Å². The predicted octanol–water partition coefficient (Wildman–Crippen LogP) is 1.85. The van der Waals surface area contributed by atoms with E-state index >= 15 is 0 Å². The van der Waals surface area contributed by atoms with Gasteiger partial charge in [0.25, 0.3) is 10.0 Å². The van der Waals surface area contributed by atoms with Crippen LogP contribution < -0.4 is 0 Å². The molecule has 1 aliphatic heterocycles. The largest absolute Gasteiger partial charge is 0.375 e. The van der Waals surface area contributed by atoms with Crippen LogP contribution in [0.3, 0.4) is 0 Å². The molecule has 2 heterocycles. The Balaban J connectivity index is 2.32. The third-order valence-corrected chi connectivity index (χ3v) is 6.56. The highest BCUT2D eigenvalue weighted by Gasteiger charge is 2.35. The molecule has 1 saturated heterocycles. The van der Waals surface area contributed by atoms with E-state index in [1.807, 2.05) is 26.8 Å². The van der Waals surface area contributed by atoms with Gasteiger partial charge in [-0.25, -0.2) is 8.42 Å². The number of hydrogen-bond acceptors (Lipinski definition) is 4. The minimum Gasteiger partial charge on any atom is -0.375 e. The van der Waals surface area contributed by atoms with Crippen LogP contribution in [0.15, 0.2) is 16.3 Å². The Kier molecular flexibility index (Phi) is 3.58. The first-order valence-corrected chi connectivity index (χ1v) is 7.88. The topological polar surface area (TPSA) is 46.6 Å². The quantitative estimate of drug-likeness (QED) is 0.827. The fourth-order valence-corrected chi connectivity index (χ4v) is 5.00. The number of hydrogen-bond donors (Lipinski definition) is 0. The number of aryl methyl sites for hydroxylation is 1. The molecule has 1 aromatic rings. The van der Waals surface area contributed by atoms with Crippen LogP contribution in [-0.2, 0) is 14.8 Å². The first kappa shape index (κ1) is 13.0. The average molecular weight is 275 g/mol. The van der Waals surface area contributed by atoms with Crippen molar-refractivity contribution in [1.29, 1.82) is 0 Å². The van der Waals surface area contributed by atoms with Gasteiger partial charge in [0.15, 0.2) is 0 Å². The number of thiophene rings is 1. The van der Waals surface area contributed by atoms with E-state index in [0.717, 1.165) is 4.88 Å². The van der Waals surface area contributed by atoms with E-state index in [2.05, 4.69) is 0 Å². The van der Waals surface area contributed by atoms with E-state index in [4.69, 9.17) is 4.74 Å². The molecular weight excluding hydrogens is 258 g/mol. The molecule has 0 spiro atoms. The maximum Gasteiger partial charge on any atom is 0.252 e. The van der Waals surface area contributed by atoms with Crippen LogP contribution in [0.25, 0.3) is 0 Å². The summed E-state index contributed by atoms with van der Waals surface area (Å²) in [5, 5.41) is 0. The van der Waals surface area contributed by atoms with Gasteiger partial charge in [-0.3, -0.25) is 0 Å². The standard InChI is InChI=1S/C11H17NO3S2/c1-8-4-5-11(16-8)17(13,14)12-6-7-15-10(3)9(12)2/h4-5,9-10H,6-7H2,1-3H3. The first-order chi connectivity index (χ1) is 7.93. The lowest BCUT2D eigenvalue weighted by atomic mass is 10.2. The van der Waals surface area contributed by atoms with Gasteiger partial charge in [0.1, 0.15) is 4.21 Å². The smallest absolute Gasteiger partial charge is 0.252 e. The van der Waals surface area contributed by atoms with Crippen molar-refractivity contribution in [3.05, 3.63) is 17.0 Å². The van der Waals surface area contributed by atoms with Crippen molar-refractivity contribution in [2.24, 2.45) is 0 Å². The van der Waals surface area contributed by atoms with Crippen LogP contribution in [0.2, 0.25) is 0 Å². The Morgan fingerprint density at radius 1 is 1.41 bits per heavy atom. The number of rotatable bonds is 2. The molecular formula is C11H17NO3S2. The molecule has 0 bridgehead atoms. The second-order valence-corrected chi connectivity index (χ2v) is 7.70. The van der Waals surface area contributed by atoms with Gasteiger partial charge in [0.05, 0.1) is 12.7 Å². The summed E-state index contributed by atoms with van der Waals surface area (Å²) >= 11 is 1.32.